The van der Waals surface area contributed by atoms with Gasteiger partial charge in [-0.05, 0) is 23.8 Å². The lowest BCUT2D eigenvalue weighted by molar-refractivity contribution is -0.117. The van der Waals surface area contributed by atoms with Crippen LogP contribution in [-0.2, 0) is 11.2 Å². The second-order valence-corrected chi connectivity index (χ2v) is 3.82. The molecule has 0 atom stereocenters. The van der Waals surface area contributed by atoms with Gasteiger partial charge in [-0.3, -0.25) is 4.79 Å². The summed E-state index contributed by atoms with van der Waals surface area (Å²) in [6.07, 6.45) is 0.498. The summed E-state index contributed by atoms with van der Waals surface area (Å²) < 4.78 is 0. The number of amides is 1. The Morgan fingerprint density at radius 2 is 2.27 bits per heavy atom. The molecule has 1 amide bonds. The molecule has 1 aliphatic rings. The first-order chi connectivity index (χ1) is 7.13. The van der Waals surface area contributed by atoms with Crippen molar-refractivity contribution < 1.29 is 4.79 Å². The number of hydrogen-bond donors (Lipinski definition) is 1. The van der Waals surface area contributed by atoms with Crippen molar-refractivity contribution in [3.63, 3.8) is 0 Å². The van der Waals surface area contributed by atoms with Crippen molar-refractivity contribution in [1.82, 2.24) is 0 Å². The van der Waals surface area contributed by atoms with Crippen LogP contribution in [0.5, 0.6) is 0 Å². The fourth-order valence-corrected chi connectivity index (χ4v) is 1.80. The van der Waals surface area contributed by atoms with E-state index in [1.807, 2.05) is 30.1 Å². The van der Waals surface area contributed by atoms with Crippen LogP contribution in [-0.4, -0.2) is 26.7 Å². The average molecular weight is 205 g/mol. The normalized spacial score (nSPS) is 14.3. The summed E-state index contributed by atoms with van der Waals surface area (Å²) in [6, 6.07) is 5.99. The third kappa shape index (κ3) is 1.57. The molecule has 0 bridgehead atoms. The molecule has 0 fully saturated rings. The Hall–Kier alpha value is -1.55. The van der Waals surface area contributed by atoms with Crippen LogP contribution in [0.25, 0.3) is 0 Å². The number of hydrogen-bond acceptors (Lipinski definition) is 3. The lowest BCUT2D eigenvalue weighted by atomic mass is 10.1. The van der Waals surface area contributed by atoms with Gasteiger partial charge in [0.1, 0.15) is 0 Å². The Labute approximate surface area is 89.3 Å². The van der Waals surface area contributed by atoms with Crippen molar-refractivity contribution >= 4 is 17.3 Å². The molecule has 1 aromatic rings. The van der Waals surface area contributed by atoms with E-state index in [9.17, 15) is 4.79 Å². The summed E-state index contributed by atoms with van der Waals surface area (Å²) in [5.74, 6) is 0.151. The molecular formula is C11H15N3O. The van der Waals surface area contributed by atoms with Gasteiger partial charge in [-0.25, -0.2) is 0 Å². The van der Waals surface area contributed by atoms with Gasteiger partial charge in [0.15, 0.2) is 0 Å². The van der Waals surface area contributed by atoms with Crippen molar-refractivity contribution in [2.24, 2.45) is 5.73 Å². The van der Waals surface area contributed by atoms with Gasteiger partial charge in [-0.2, -0.15) is 0 Å². The molecule has 0 aliphatic carbocycles. The Kier molecular flexibility index (Phi) is 2.36. The molecule has 15 heavy (non-hydrogen) atoms. The lowest BCUT2D eigenvalue weighted by Gasteiger charge is -2.18. The number of carbonyl (C=O) groups is 1. The number of rotatable bonds is 2. The third-order valence-electron chi connectivity index (χ3n) is 2.85. The van der Waals surface area contributed by atoms with Crippen LogP contribution in [0.3, 0.4) is 0 Å². The van der Waals surface area contributed by atoms with E-state index >= 15 is 0 Å². The standard InChI is InChI=1S/C11H15N3O/c1-13(7-12)9-3-4-10-8(5-9)6-11(15)14(10)2/h3-5H,6-7,12H2,1-2H3. The third-order valence-corrected chi connectivity index (χ3v) is 2.85. The largest absolute Gasteiger partial charge is 0.362 e. The van der Waals surface area contributed by atoms with E-state index in [0.717, 1.165) is 16.9 Å². The summed E-state index contributed by atoms with van der Waals surface area (Å²) in [7, 11) is 3.74. The van der Waals surface area contributed by atoms with Crippen molar-refractivity contribution in [1.29, 1.82) is 0 Å². The molecule has 0 spiro atoms. The average Bonchev–Trinajstić information content (AvgIpc) is 2.53. The highest BCUT2D eigenvalue weighted by Gasteiger charge is 2.23. The highest BCUT2D eigenvalue weighted by Crippen LogP contribution is 2.30. The minimum Gasteiger partial charge on any atom is -0.362 e. The van der Waals surface area contributed by atoms with Gasteiger partial charge in [0, 0.05) is 25.5 Å². The minimum atomic E-state index is 0.151. The summed E-state index contributed by atoms with van der Waals surface area (Å²) in [4.78, 5) is 15.1. The van der Waals surface area contributed by atoms with Gasteiger partial charge in [0.05, 0.1) is 13.1 Å². The molecule has 0 saturated heterocycles. The van der Waals surface area contributed by atoms with Crippen molar-refractivity contribution in [2.45, 2.75) is 6.42 Å². The fourth-order valence-electron chi connectivity index (χ4n) is 1.80. The quantitative estimate of drug-likeness (QED) is 0.718. The van der Waals surface area contributed by atoms with Gasteiger partial charge in [0.2, 0.25) is 5.91 Å². The molecule has 4 nitrogen and oxygen atoms in total. The molecule has 1 heterocycles. The van der Waals surface area contributed by atoms with E-state index in [4.69, 9.17) is 5.73 Å². The van der Waals surface area contributed by atoms with Gasteiger partial charge >= 0.3 is 0 Å². The van der Waals surface area contributed by atoms with Gasteiger partial charge in [0.25, 0.3) is 0 Å². The number of likely N-dealkylation sites (N-methyl/N-ethyl adjacent to an activating group) is 1. The zero-order valence-electron chi connectivity index (χ0n) is 9.03. The number of anilines is 2. The van der Waals surface area contributed by atoms with E-state index in [1.165, 1.54) is 0 Å². The number of carbonyl (C=O) groups excluding carboxylic acids is 1. The van der Waals surface area contributed by atoms with Gasteiger partial charge in [-0.15, -0.1) is 0 Å². The van der Waals surface area contributed by atoms with E-state index < -0.39 is 0 Å². The first-order valence-corrected chi connectivity index (χ1v) is 4.94. The summed E-state index contributed by atoms with van der Waals surface area (Å²) in [5.41, 5.74) is 8.70. The first kappa shape index (κ1) is 9.98. The zero-order chi connectivity index (χ0) is 11.0. The van der Waals surface area contributed by atoms with E-state index in [0.29, 0.717) is 13.1 Å². The fraction of sp³-hybridized carbons (Fsp3) is 0.364. The topological polar surface area (TPSA) is 49.6 Å². The maximum atomic E-state index is 11.5. The molecule has 0 radical (unpaired) electrons. The van der Waals surface area contributed by atoms with Crippen molar-refractivity contribution in [2.75, 3.05) is 30.6 Å². The Balaban J connectivity index is 2.37. The number of fused-ring (bicyclic) bond motifs is 1. The van der Waals surface area contributed by atoms with Crippen molar-refractivity contribution in [3.8, 4) is 0 Å². The van der Waals surface area contributed by atoms with Crippen LogP contribution in [0.1, 0.15) is 5.56 Å². The van der Waals surface area contributed by atoms with Gasteiger partial charge in [-0.1, -0.05) is 0 Å². The first-order valence-electron chi connectivity index (χ1n) is 4.94. The van der Waals surface area contributed by atoms with Crippen LogP contribution < -0.4 is 15.5 Å². The molecule has 1 aliphatic heterocycles. The predicted molar refractivity (Wildman–Crippen MR) is 61.0 cm³/mol. The van der Waals surface area contributed by atoms with E-state index in [-0.39, 0.29) is 5.91 Å². The predicted octanol–water partition coefficient (Wildman–Crippen LogP) is 0.558. The Morgan fingerprint density at radius 1 is 1.53 bits per heavy atom. The molecule has 0 saturated carbocycles. The van der Waals surface area contributed by atoms with Crippen LogP contribution in [0.2, 0.25) is 0 Å². The molecule has 0 aromatic heterocycles. The Bertz CT molecular complexity index is 403. The van der Waals surface area contributed by atoms with Gasteiger partial charge < -0.3 is 15.5 Å². The minimum absolute atomic E-state index is 0.151. The zero-order valence-corrected chi connectivity index (χ0v) is 9.03. The van der Waals surface area contributed by atoms with E-state index in [1.54, 1.807) is 11.9 Å². The van der Waals surface area contributed by atoms with Crippen LogP contribution >= 0.6 is 0 Å². The highest BCUT2D eigenvalue weighted by molar-refractivity contribution is 6.01. The molecule has 4 heteroatoms. The SMILES string of the molecule is CN(CN)c1ccc2c(c1)CC(=O)N2C. The van der Waals surface area contributed by atoms with Crippen molar-refractivity contribution in [3.05, 3.63) is 23.8 Å². The second kappa shape index (κ2) is 3.55. The summed E-state index contributed by atoms with van der Waals surface area (Å²) >= 11 is 0. The molecule has 1 aromatic carbocycles. The number of nitrogens with two attached hydrogens (primary N) is 1. The second-order valence-electron chi connectivity index (χ2n) is 3.82. The summed E-state index contributed by atoms with van der Waals surface area (Å²) in [5, 5.41) is 0. The molecule has 2 rings (SSSR count). The number of nitrogens with zero attached hydrogens (tertiary/aromatic N) is 2. The van der Waals surface area contributed by atoms with Crippen LogP contribution in [0.15, 0.2) is 18.2 Å². The molecule has 0 unspecified atom stereocenters. The van der Waals surface area contributed by atoms with Crippen LogP contribution in [0, 0.1) is 0 Å². The molecule has 2 N–H and O–H groups in total. The number of benzene rings is 1. The smallest absolute Gasteiger partial charge is 0.231 e. The lowest BCUT2D eigenvalue weighted by Crippen LogP contribution is -2.25. The molecular weight excluding hydrogens is 190 g/mol. The highest BCUT2D eigenvalue weighted by atomic mass is 16.2. The Morgan fingerprint density at radius 3 is 2.93 bits per heavy atom. The van der Waals surface area contributed by atoms with E-state index in [2.05, 4.69) is 0 Å². The van der Waals surface area contributed by atoms with Crippen LogP contribution in [0.4, 0.5) is 11.4 Å². The maximum Gasteiger partial charge on any atom is 0.231 e. The maximum absolute atomic E-state index is 11.5. The summed E-state index contributed by atoms with van der Waals surface area (Å²) in [6.45, 7) is 0.475. The molecule has 80 valence electrons. The monoisotopic (exact) mass is 205 g/mol.